The van der Waals surface area contributed by atoms with Gasteiger partial charge in [-0.15, -0.1) is 10.2 Å². The van der Waals surface area contributed by atoms with Crippen molar-refractivity contribution >= 4 is 0 Å². The molecule has 1 rings (SSSR count). The predicted octanol–water partition coefficient (Wildman–Crippen LogP) is 1.16. The number of unbranched alkanes of at least 4 members (excludes halogenated alkanes) is 3. The van der Waals surface area contributed by atoms with Gasteiger partial charge in [-0.05, 0) is 12.8 Å². The molecule has 1 aromatic rings. The molecule has 0 radical (unpaired) electrons. The number of hydrogen-bond acceptors (Lipinski definition) is 4. The Bertz CT molecular complexity index is 187. The molecule has 1 aromatic heterocycles. The van der Waals surface area contributed by atoms with Gasteiger partial charge in [0.25, 0.3) is 0 Å². The van der Waals surface area contributed by atoms with Crippen molar-refractivity contribution in [2.24, 2.45) is 0 Å². The minimum absolute atomic E-state index is 0.292. The van der Waals surface area contributed by atoms with E-state index < -0.39 is 0 Å². The number of hydrogen-bond donors (Lipinski definition) is 1. The Kier molecular flexibility index (Phi) is 4.37. The van der Waals surface area contributed by atoms with E-state index in [9.17, 15) is 0 Å². The lowest BCUT2D eigenvalue weighted by molar-refractivity contribution is 0.282. The van der Waals surface area contributed by atoms with E-state index in [4.69, 9.17) is 9.52 Å². The Labute approximate surface area is 71.6 Å². The summed E-state index contributed by atoms with van der Waals surface area (Å²) in [5.74, 6) is 0.707. The van der Waals surface area contributed by atoms with E-state index in [1.807, 2.05) is 0 Å². The molecule has 4 heteroatoms. The van der Waals surface area contributed by atoms with Gasteiger partial charge in [-0.3, -0.25) is 0 Å². The number of nitrogens with zero attached hydrogens (tertiary/aromatic N) is 2. The third-order valence-electron chi connectivity index (χ3n) is 1.70. The average molecular weight is 170 g/mol. The Balaban J connectivity index is 1.96. The van der Waals surface area contributed by atoms with Crippen LogP contribution in [0.1, 0.15) is 31.6 Å². The summed E-state index contributed by atoms with van der Waals surface area (Å²) in [5.41, 5.74) is 0. The second-order valence-corrected chi connectivity index (χ2v) is 2.72. The van der Waals surface area contributed by atoms with Gasteiger partial charge in [-0.1, -0.05) is 12.8 Å². The zero-order valence-electron chi connectivity index (χ0n) is 7.07. The fourth-order valence-electron chi connectivity index (χ4n) is 1.05. The van der Waals surface area contributed by atoms with Crippen molar-refractivity contribution < 1.29 is 9.52 Å². The highest BCUT2D eigenvalue weighted by Gasteiger charge is 1.97. The first kappa shape index (κ1) is 9.19. The highest BCUT2D eigenvalue weighted by Crippen LogP contribution is 2.04. The second kappa shape index (κ2) is 5.71. The van der Waals surface area contributed by atoms with E-state index >= 15 is 0 Å². The van der Waals surface area contributed by atoms with Crippen LogP contribution in [0.15, 0.2) is 10.8 Å². The third-order valence-corrected chi connectivity index (χ3v) is 1.70. The van der Waals surface area contributed by atoms with E-state index in [2.05, 4.69) is 10.2 Å². The molecule has 0 saturated heterocycles. The number of aliphatic hydroxyl groups is 1. The lowest BCUT2D eigenvalue weighted by atomic mass is 10.1. The van der Waals surface area contributed by atoms with Crippen molar-refractivity contribution in [3.05, 3.63) is 12.3 Å². The lowest BCUT2D eigenvalue weighted by Gasteiger charge is -1.95. The molecular weight excluding hydrogens is 156 g/mol. The minimum Gasteiger partial charge on any atom is -0.428 e. The molecule has 0 fully saturated rings. The zero-order valence-corrected chi connectivity index (χ0v) is 7.07. The van der Waals surface area contributed by atoms with Crippen LogP contribution in [0.2, 0.25) is 0 Å². The first-order valence-electron chi connectivity index (χ1n) is 4.29. The molecule has 0 bridgehead atoms. The topological polar surface area (TPSA) is 59.2 Å². The van der Waals surface area contributed by atoms with Crippen LogP contribution in [0.5, 0.6) is 0 Å². The summed E-state index contributed by atoms with van der Waals surface area (Å²) in [6, 6.07) is 0. The number of aromatic nitrogens is 2. The van der Waals surface area contributed by atoms with Gasteiger partial charge in [0, 0.05) is 13.0 Å². The van der Waals surface area contributed by atoms with Crippen molar-refractivity contribution in [3.8, 4) is 0 Å². The number of aliphatic hydroxyl groups excluding tert-OH is 1. The molecule has 4 nitrogen and oxygen atoms in total. The predicted molar refractivity (Wildman–Crippen MR) is 43.6 cm³/mol. The number of aryl methyl sites for hydroxylation is 1. The maximum atomic E-state index is 8.51. The summed E-state index contributed by atoms with van der Waals surface area (Å²) in [5, 5.41) is 15.9. The summed E-state index contributed by atoms with van der Waals surface area (Å²) in [4.78, 5) is 0. The maximum absolute atomic E-state index is 8.51. The smallest absolute Gasteiger partial charge is 0.216 e. The SMILES string of the molecule is OCCCCCCc1nnco1. The summed E-state index contributed by atoms with van der Waals surface area (Å²) >= 11 is 0. The maximum Gasteiger partial charge on any atom is 0.216 e. The van der Waals surface area contributed by atoms with Crippen molar-refractivity contribution in [1.29, 1.82) is 0 Å². The first-order valence-corrected chi connectivity index (χ1v) is 4.29. The van der Waals surface area contributed by atoms with Crippen molar-refractivity contribution in [2.45, 2.75) is 32.1 Å². The summed E-state index contributed by atoms with van der Waals surface area (Å²) in [6.07, 6.45) is 6.34. The molecule has 0 amide bonds. The molecule has 12 heavy (non-hydrogen) atoms. The van der Waals surface area contributed by atoms with Crippen molar-refractivity contribution in [3.63, 3.8) is 0 Å². The Morgan fingerprint density at radius 3 is 2.75 bits per heavy atom. The largest absolute Gasteiger partial charge is 0.428 e. The van der Waals surface area contributed by atoms with Crippen LogP contribution in [0.4, 0.5) is 0 Å². The minimum atomic E-state index is 0.292. The Morgan fingerprint density at radius 1 is 1.25 bits per heavy atom. The van der Waals surface area contributed by atoms with Gasteiger partial charge in [0.05, 0.1) is 0 Å². The molecular formula is C8H14N2O2. The quantitative estimate of drug-likeness (QED) is 0.651. The van der Waals surface area contributed by atoms with Crippen LogP contribution in [-0.2, 0) is 6.42 Å². The van der Waals surface area contributed by atoms with Crippen LogP contribution >= 0.6 is 0 Å². The molecule has 0 saturated carbocycles. The zero-order chi connectivity index (χ0) is 8.65. The fraction of sp³-hybridized carbons (Fsp3) is 0.750. The molecule has 0 unspecified atom stereocenters. The van der Waals surface area contributed by atoms with Crippen molar-refractivity contribution in [2.75, 3.05) is 6.61 Å². The first-order chi connectivity index (χ1) is 5.93. The van der Waals surface area contributed by atoms with E-state index in [0.717, 1.165) is 32.1 Å². The molecule has 0 atom stereocenters. The normalized spacial score (nSPS) is 10.4. The van der Waals surface area contributed by atoms with E-state index in [1.54, 1.807) is 0 Å². The molecule has 1 heterocycles. The van der Waals surface area contributed by atoms with Crippen molar-refractivity contribution in [1.82, 2.24) is 10.2 Å². The highest BCUT2D eigenvalue weighted by atomic mass is 16.4. The Hall–Kier alpha value is -0.900. The summed E-state index contributed by atoms with van der Waals surface area (Å²) in [7, 11) is 0. The van der Waals surface area contributed by atoms with Crippen LogP contribution in [0.3, 0.4) is 0 Å². The monoisotopic (exact) mass is 170 g/mol. The molecule has 0 aliphatic carbocycles. The molecule has 68 valence electrons. The van der Waals surface area contributed by atoms with E-state index in [-0.39, 0.29) is 0 Å². The standard InChI is InChI=1S/C8H14N2O2/c11-6-4-2-1-3-5-8-10-9-7-12-8/h7,11H,1-6H2. The molecule has 1 N–H and O–H groups in total. The molecule has 0 spiro atoms. The average Bonchev–Trinajstić information content (AvgIpc) is 2.57. The number of rotatable bonds is 6. The molecule has 0 aliphatic rings. The van der Waals surface area contributed by atoms with E-state index in [0.29, 0.717) is 12.5 Å². The summed E-state index contributed by atoms with van der Waals surface area (Å²) in [6.45, 7) is 0.292. The summed E-state index contributed by atoms with van der Waals surface area (Å²) < 4.78 is 4.97. The highest BCUT2D eigenvalue weighted by molar-refractivity contribution is 4.71. The third kappa shape index (κ3) is 3.48. The van der Waals surface area contributed by atoms with Gasteiger partial charge in [0.1, 0.15) is 0 Å². The van der Waals surface area contributed by atoms with Gasteiger partial charge < -0.3 is 9.52 Å². The van der Waals surface area contributed by atoms with E-state index in [1.165, 1.54) is 6.39 Å². The van der Waals surface area contributed by atoms with Gasteiger partial charge in [0.15, 0.2) is 0 Å². The van der Waals surface area contributed by atoms with Gasteiger partial charge in [-0.25, -0.2) is 0 Å². The fourth-order valence-corrected chi connectivity index (χ4v) is 1.05. The second-order valence-electron chi connectivity index (χ2n) is 2.72. The Morgan fingerprint density at radius 2 is 2.08 bits per heavy atom. The van der Waals surface area contributed by atoms with Crippen LogP contribution in [0.25, 0.3) is 0 Å². The molecule has 0 aromatic carbocycles. The van der Waals surface area contributed by atoms with Gasteiger partial charge in [0.2, 0.25) is 12.3 Å². The van der Waals surface area contributed by atoms with Crippen LogP contribution in [0, 0.1) is 0 Å². The van der Waals surface area contributed by atoms with Crippen LogP contribution in [-0.4, -0.2) is 21.9 Å². The molecule has 0 aliphatic heterocycles. The van der Waals surface area contributed by atoms with Crippen LogP contribution < -0.4 is 0 Å². The lowest BCUT2D eigenvalue weighted by Crippen LogP contribution is -1.87. The van der Waals surface area contributed by atoms with Gasteiger partial charge in [-0.2, -0.15) is 0 Å². The van der Waals surface area contributed by atoms with Gasteiger partial charge >= 0.3 is 0 Å².